The Balaban J connectivity index is 1.61. The number of piperazine rings is 1. The predicted octanol–water partition coefficient (Wildman–Crippen LogP) is 2.34. The fourth-order valence-corrected chi connectivity index (χ4v) is 4.43. The average Bonchev–Trinajstić information content (AvgIpc) is 2.70. The van der Waals surface area contributed by atoms with Crippen LogP contribution in [0.15, 0.2) is 53.4 Å². The van der Waals surface area contributed by atoms with Gasteiger partial charge in [0, 0.05) is 31.9 Å². The van der Waals surface area contributed by atoms with Crippen molar-refractivity contribution in [2.75, 3.05) is 38.5 Å². The third-order valence-corrected chi connectivity index (χ3v) is 6.84. The molecule has 3 rings (SSSR count). The van der Waals surface area contributed by atoms with Crippen molar-refractivity contribution < 1.29 is 17.9 Å². The Morgan fingerprint density at radius 3 is 2.17 bits per heavy atom. The number of likely N-dealkylation sites (N-methyl/N-ethyl adjacent to an activating group) is 1. The molecule has 29 heavy (non-hydrogen) atoms. The van der Waals surface area contributed by atoms with E-state index in [4.69, 9.17) is 4.74 Å². The van der Waals surface area contributed by atoms with Crippen molar-refractivity contribution in [2.45, 2.75) is 24.8 Å². The fraction of sp³-hybridized carbons (Fsp3) is 0.381. The molecule has 2 aromatic carbocycles. The number of carbonyl (C=O) groups is 1. The van der Waals surface area contributed by atoms with Crippen LogP contribution in [0, 0.1) is 6.92 Å². The van der Waals surface area contributed by atoms with Gasteiger partial charge in [0.2, 0.25) is 10.0 Å². The number of rotatable bonds is 6. The summed E-state index contributed by atoms with van der Waals surface area (Å²) in [7, 11) is -1.54. The lowest BCUT2D eigenvalue weighted by Crippen LogP contribution is -2.46. The summed E-state index contributed by atoms with van der Waals surface area (Å²) >= 11 is 0. The van der Waals surface area contributed by atoms with Crippen LogP contribution in [0.25, 0.3) is 0 Å². The minimum atomic E-state index is -3.52. The van der Waals surface area contributed by atoms with E-state index in [0.717, 1.165) is 5.56 Å². The smallest absolute Gasteiger partial charge is 0.265 e. The van der Waals surface area contributed by atoms with Gasteiger partial charge in [-0.2, -0.15) is 4.31 Å². The number of amides is 1. The Hall–Kier alpha value is -2.42. The molecule has 1 saturated heterocycles. The SMILES string of the molecule is Cc1ccc(O[C@@H](C)C(=O)Nc2ccc(S(=O)(=O)N3CCN(C)CC3)cc2)cc1. The predicted molar refractivity (Wildman–Crippen MR) is 113 cm³/mol. The van der Waals surface area contributed by atoms with E-state index in [1.54, 1.807) is 19.1 Å². The van der Waals surface area contributed by atoms with Crippen LogP contribution in [0.5, 0.6) is 5.75 Å². The van der Waals surface area contributed by atoms with E-state index in [2.05, 4.69) is 10.2 Å². The Labute approximate surface area is 172 Å². The van der Waals surface area contributed by atoms with Crippen LogP contribution < -0.4 is 10.1 Å². The number of hydrogen-bond donors (Lipinski definition) is 1. The molecule has 1 atom stereocenters. The number of aryl methyl sites for hydroxylation is 1. The highest BCUT2D eigenvalue weighted by molar-refractivity contribution is 7.89. The van der Waals surface area contributed by atoms with E-state index in [1.807, 2.05) is 38.2 Å². The maximum absolute atomic E-state index is 12.8. The van der Waals surface area contributed by atoms with E-state index in [9.17, 15) is 13.2 Å². The second-order valence-electron chi connectivity index (χ2n) is 7.29. The third-order valence-electron chi connectivity index (χ3n) is 4.92. The number of carbonyl (C=O) groups excluding carboxylic acids is 1. The third kappa shape index (κ3) is 5.35. The molecule has 0 bridgehead atoms. The van der Waals surface area contributed by atoms with E-state index in [1.165, 1.54) is 16.4 Å². The molecule has 1 fully saturated rings. The Kier molecular flexibility index (Phi) is 6.56. The van der Waals surface area contributed by atoms with E-state index >= 15 is 0 Å². The van der Waals surface area contributed by atoms with Crippen LogP contribution >= 0.6 is 0 Å². The monoisotopic (exact) mass is 417 g/mol. The van der Waals surface area contributed by atoms with Crippen LogP contribution in [0.3, 0.4) is 0 Å². The first-order chi connectivity index (χ1) is 13.8. The van der Waals surface area contributed by atoms with Crippen LogP contribution in [-0.4, -0.2) is 62.9 Å². The number of anilines is 1. The summed E-state index contributed by atoms with van der Waals surface area (Å²) in [6.45, 7) is 6.03. The van der Waals surface area contributed by atoms with Gasteiger partial charge < -0.3 is 15.0 Å². The van der Waals surface area contributed by atoms with Gasteiger partial charge in [0.15, 0.2) is 6.10 Å². The average molecular weight is 418 g/mol. The van der Waals surface area contributed by atoms with Gasteiger partial charge in [0.05, 0.1) is 4.90 Å². The van der Waals surface area contributed by atoms with Crippen molar-refractivity contribution >= 4 is 21.6 Å². The summed E-state index contributed by atoms with van der Waals surface area (Å²) in [6.07, 6.45) is -0.688. The molecule has 156 valence electrons. The van der Waals surface area contributed by atoms with Crippen LogP contribution in [0.1, 0.15) is 12.5 Å². The number of hydrogen-bond acceptors (Lipinski definition) is 5. The van der Waals surface area contributed by atoms with E-state index in [0.29, 0.717) is 37.6 Å². The molecule has 1 amide bonds. The lowest BCUT2D eigenvalue weighted by molar-refractivity contribution is -0.122. The van der Waals surface area contributed by atoms with Crippen LogP contribution in [-0.2, 0) is 14.8 Å². The van der Waals surface area contributed by atoms with Crippen molar-refractivity contribution in [1.82, 2.24) is 9.21 Å². The van der Waals surface area contributed by atoms with Crippen molar-refractivity contribution in [2.24, 2.45) is 0 Å². The quantitative estimate of drug-likeness (QED) is 0.781. The van der Waals surface area contributed by atoms with E-state index < -0.39 is 16.1 Å². The molecule has 0 aliphatic carbocycles. The van der Waals surface area contributed by atoms with Crippen molar-refractivity contribution in [1.29, 1.82) is 0 Å². The first kappa shape index (κ1) is 21.3. The summed E-state index contributed by atoms with van der Waals surface area (Å²) in [5.41, 5.74) is 1.63. The lowest BCUT2D eigenvalue weighted by atomic mass is 10.2. The molecule has 2 aromatic rings. The topological polar surface area (TPSA) is 78.9 Å². The Morgan fingerprint density at radius 2 is 1.59 bits per heavy atom. The second-order valence-corrected chi connectivity index (χ2v) is 9.23. The summed E-state index contributed by atoms with van der Waals surface area (Å²) in [5, 5.41) is 2.76. The molecular weight excluding hydrogens is 390 g/mol. The fourth-order valence-electron chi connectivity index (χ4n) is 3.01. The molecule has 7 nitrogen and oxygen atoms in total. The maximum atomic E-state index is 12.8. The summed E-state index contributed by atoms with van der Waals surface area (Å²) < 4.78 is 32.7. The number of ether oxygens (including phenoxy) is 1. The highest BCUT2D eigenvalue weighted by Gasteiger charge is 2.27. The largest absolute Gasteiger partial charge is 0.481 e. The molecule has 0 spiro atoms. The molecule has 0 saturated carbocycles. The molecule has 1 aliphatic heterocycles. The standard InChI is InChI=1S/C21H27N3O4S/c1-16-4-8-19(9-5-16)28-17(2)21(25)22-18-6-10-20(11-7-18)29(26,27)24-14-12-23(3)13-15-24/h4-11,17H,12-15H2,1-3H3,(H,22,25)/t17-/m0/s1. The zero-order chi connectivity index (χ0) is 21.0. The van der Waals surface area contributed by atoms with Gasteiger partial charge in [-0.3, -0.25) is 4.79 Å². The Bertz CT molecular complexity index is 935. The van der Waals surface area contributed by atoms with Crippen molar-refractivity contribution in [3.63, 3.8) is 0 Å². The number of sulfonamides is 1. The minimum absolute atomic E-state index is 0.226. The second kappa shape index (κ2) is 8.94. The number of nitrogens with one attached hydrogen (secondary N) is 1. The van der Waals surface area contributed by atoms with Gasteiger partial charge in [-0.1, -0.05) is 17.7 Å². The highest BCUT2D eigenvalue weighted by Crippen LogP contribution is 2.20. The molecule has 0 aromatic heterocycles. The van der Waals surface area contributed by atoms with Gasteiger partial charge in [-0.25, -0.2) is 8.42 Å². The molecule has 8 heteroatoms. The van der Waals surface area contributed by atoms with Gasteiger partial charge in [-0.05, 0) is 57.3 Å². The first-order valence-electron chi connectivity index (χ1n) is 9.58. The zero-order valence-electron chi connectivity index (χ0n) is 17.0. The highest BCUT2D eigenvalue weighted by atomic mass is 32.2. The maximum Gasteiger partial charge on any atom is 0.265 e. The minimum Gasteiger partial charge on any atom is -0.481 e. The normalized spacial score (nSPS) is 16.9. The first-order valence-corrected chi connectivity index (χ1v) is 11.0. The van der Waals surface area contributed by atoms with Gasteiger partial charge in [-0.15, -0.1) is 0 Å². The van der Waals surface area contributed by atoms with Gasteiger partial charge in [0.25, 0.3) is 5.91 Å². The molecular formula is C21H27N3O4S. The van der Waals surface area contributed by atoms with Crippen molar-refractivity contribution in [3.05, 3.63) is 54.1 Å². The molecule has 1 aliphatic rings. The van der Waals surface area contributed by atoms with Crippen molar-refractivity contribution in [3.8, 4) is 5.75 Å². The van der Waals surface area contributed by atoms with Gasteiger partial charge >= 0.3 is 0 Å². The Morgan fingerprint density at radius 1 is 1.00 bits per heavy atom. The summed E-state index contributed by atoms with van der Waals surface area (Å²) in [4.78, 5) is 14.7. The number of benzene rings is 2. The molecule has 0 radical (unpaired) electrons. The van der Waals surface area contributed by atoms with Crippen LogP contribution in [0.4, 0.5) is 5.69 Å². The van der Waals surface area contributed by atoms with Crippen LogP contribution in [0.2, 0.25) is 0 Å². The molecule has 0 unspecified atom stereocenters. The summed E-state index contributed by atoms with van der Waals surface area (Å²) in [5.74, 6) is 0.312. The van der Waals surface area contributed by atoms with Gasteiger partial charge in [0.1, 0.15) is 5.75 Å². The molecule has 1 heterocycles. The zero-order valence-corrected chi connectivity index (χ0v) is 17.8. The summed E-state index contributed by atoms with van der Waals surface area (Å²) in [6, 6.07) is 13.7. The number of nitrogens with zero attached hydrogens (tertiary/aromatic N) is 2. The molecule has 1 N–H and O–H groups in total. The van der Waals surface area contributed by atoms with E-state index in [-0.39, 0.29) is 10.8 Å². The lowest BCUT2D eigenvalue weighted by Gasteiger charge is -2.31.